The van der Waals surface area contributed by atoms with E-state index in [4.69, 9.17) is 11.1 Å². The Balaban J connectivity index is 2.15. The molecule has 1 aliphatic rings. The molecular formula is C9H9N7. The Labute approximate surface area is 91.4 Å². The number of anilines is 2. The molecule has 0 atom stereocenters. The van der Waals surface area contributed by atoms with Gasteiger partial charge < -0.3 is 11.1 Å². The predicted molar refractivity (Wildman–Crippen MR) is 62.9 cm³/mol. The summed E-state index contributed by atoms with van der Waals surface area (Å²) in [5, 5.41) is 10.3. The minimum absolute atomic E-state index is 0.0810. The average molecular weight is 215 g/mol. The van der Waals surface area contributed by atoms with Crippen molar-refractivity contribution in [3.8, 4) is 0 Å². The van der Waals surface area contributed by atoms with Crippen molar-refractivity contribution in [2.24, 2.45) is 9.98 Å². The Morgan fingerprint density at radius 2 is 1.94 bits per heavy atom. The molecule has 2 rings (SSSR count). The minimum atomic E-state index is 0.0810. The van der Waals surface area contributed by atoms with Gasteiger partial charge in [-0.3, -0.25) is 5.41 Å². The van der Waals surface area contributed by atoms with E-state index in [1.54, 1.807) is 0 Å². The van der Waals surface area contributed by atoms with Crippen molar-refractivity contribution in [3.05, 3.63) is 24.3 Å². The number of nitrogen functional groups attached to an aromatic ring is 1. The van der Waals surface area contributed by atoms with Gasteiger partial charge in [0.1, 0.15) is 5.70 Å². The largest absolute Gasteiger partial charge is 0.381 e. The number of nitrogens with two attached hydrogens (primary N) is 1. The van der Waals surface area contributed by atoms with Gasteiger partial charge in [-0.2, -0.15) is 0 Å². The van der Waals surface area contributed by atoms with Crippen LogP contribution in [0.15, 0.2) is 34.3 Å². The number of amidine groups is 1. The average Bonchev–Trinajstić information content (AvgIpc) is 2.30. The van der Waals surface area contributed by atoms with Crippen LogP contribution in [0.4, 0.5) is 11.6 Å². The van der Waals surface area contributed by atoms with E-state index in [1.165, 1.54) is 31.0 Å². The summed E-state index contributed by atoms with van der Waals surface area (Å²) in [4.78, 5) is 15.6. The van der Waals surface area contributed by atoms with Crippen LogP contribution in [0, 0.1) is 5.41 Å². The highest BCUT2D eigenvalue weighted by Crippen LogP contribution is 2.11. The van der Waals surface area contributed by atoms with Crippen molar-refractivity contribution in [1.82, 2.24) is 9.97 Å². The SMILES string of the molecule is N=C1N=CC=N/C1=C/Nc1nccnc1N. The number of aliphatic imine (C=N–C) groups is 2. The zero-order valence-corrected chi connectivity index (χ0v) is 8.25. The van der Waals surface area contributed by atoms with Crippen molar-refractivity contribution < 1.29 is 0 Å². The van der Waals surface area contributed by atoms with Gasteiger partial charge in [-0.25, -0.2) is 20.0 Å². The van der Waals surface area contributed by atoms with Gasteiger partial charge in [-0.05, 0) is 0 Å². The second-order valence-corrected chi connectivity index (χ2v) is 2.87. The molecule has 1 aromatic rings. The van der Waals surface area contributed by atoms with Gasteiger partial charge in [-0.15, -0.1) is 0 Å². The first-order chi connectivity index (χ1) is 7.77. The smallest absolute Gasteiger partial charge is 0.172 e. The first-order valence-electron chi connectivity index (χ1n) is 4.46. The summed E-state index contributed by atoms with van der Waals surface area (Å²) in [6.45, 7) is 0. The molecule has 7 heteroatoms. The Bertz CT molecular complexity index is 500. The summed E-state index contributed by atoms with van der Waals surface area (Å²) in [7, 11) is 0. The number of hydrogen-bond acceptors (Lipinski definition) is 6. The van der Waals surface area contributed by atoms with Gasteiger partial charge in [0, 0.05) is 31.0 Å². The fourth-order valence-corrected chi connectivity index (χ4v) is 1.05. The number of nitrogens with zero attached hydrogens (tertiary/aromatic N) is 4. The van der Waals surface area contributed by atoms with Crippen LogP contribution in [-0.4, -0.2) is 28.2 Å². The molecule has 4 N–H and O–H groups in total. The maximum absolute atomic E-state index is 7.48. The maximum atomic E-state index is 7.48. The van der Waals surface area contributed by atoms with Gasteiger partial charge in [0.05, 0.1) is 0 Å². The molecular weight excluding hydrogens is 206 g/mol. The van der Waals surface area contributed by atoms with Crippen molar-refractivity contribution in [2.45, 2.75) is 0 Å². The molecule has 80 valence electrons. The molecule has 0 aliphatic carbocycles. The summed E-state index contributed by atoms with van der Waals surface area (Å²) in [5.74, 6) is 0.791. The van der Waals surface area contributed by atoms with Gasteiger partial charge in [0.15, 0.2) is 17.5 Å². The van der Waals surface area contributed by atoms with Gasteiger partial charge >= 0.3 is 0 Å². The van der Waals surface area contributed by atoms with Crippen molar-refractivity contribution in [1.29, 1.82) is 5.41 Å². The zero-order valence-electron chi connectivity index (χ0n) is 8.25. The van der Waals surface area contributed by atoms with Crippen LogP contribution in [0.2, 0.25) is 0 Å². The lowest BCUT2D eigenvalue weighted by molar-refractivity contribution is 1.20. The topological polar surface area (TPSA) is 112 Å². The zero-order chi connectivity index (χ0) is 11.4. The molecule has 0 fully saturated rings. The highest BCUT2D eigenvalue weighted by Gasteiger charge is 2.05. The Morgan fingerprint density at radius 1 is 1.19 bits per heavy atom. The Kier molecular flexibility index (Phi) is 2.68. The van der Waals surface area contributed by atoms with Crippen LogP contribution >= 0.6 is 0 Å². The van der Waals surface area contributed by atoms with Gasteiger partial charge in [0.2, 0.25) is 0 Å². The maximum Gasteiger partial charge on any atom is 0.172 e. The lowest BCUT2D eigenvalue weighted by Gasteiger charge is -2.05. The molecule has 0 spiro atoms. The molecule has 16 heavy (non-hydrogen) atoms. The Hall–Kier alpha value is -2.57. The molecule has 0 saturated carbocycles. The van der Waals surface area contributed by atoms with E-state index in [-0.39, 0.29) is 11.7 Å². The molecule has 0 aromatic carbocycles. The highest BCUT2D eigenvalue weighted by atomic mass is 15.1. The third-order valence-electron chi connectivity index (χ3n) is 1.80. The first kappa shape index (κ1) is 9.97. The lowest BCUT2D eigenvalue weighted by Crippen LogP contribution is -2.06. The van der Waals surface area contributed by atoms with E-state index in [2.05, 4.69) is 25.3 Å². The van der Waals surface area contributed by atoms with Gasteiger partial charge in [0.25, 0.3) is 0 Å². The number of rotatable bonds is 2. The molecule has 0 saturated heterocycles. The summed E-state index contributed by atoms with van der Waals surface area (Å²) in [5.41, 5.74) is 5.99. The molecule has 1 aromatic heterocycles. The number of hydrogen-bond donors (Lipinski definition) is 3. The summed E-state index contributed by atoms with van der Waals surface area (Å²) in [6.07, 6.45) is 7.49. The fourth-order valence-electron chi connectivity index (χ4n) is 1.05. The van der Waals surface area contributed by atoms with E-state index in [9.17, 15) is 0 Å². The summed E-state index contributed by atoms with van der Waals surface area (Å²) in [6, 6.07) is 0. The molecule has 0 unspecified atom stereocenters. The monoisotopic (exact) mass is 215 g/mol. The molecule has 0 bridgehead atoms. The molecule has 0 amide bonds. The molecule has 1 aliphatic heterocycles. The minimum Gasteiger partial charge on any atom is -0.381 e. The first-order valence-corrected chi connectivity index (χ1v) is 4.46. The fraction of sp³-hybridized carbons (Fsp3) is 0. The summed E-state index contributed by atoms with van der Waals surface area (Å²) >= 11 is 0. The third kappa shape index (κ3) is 2.08. The van der Waals surface area contributed by atoms with E-state index in [0.717, 1.165) is 0 Å². The van der Waals surface area contributed by atoms with Crippen molar-refractivity contribution in [3.63, 3.8) is 0 Å². The van der Waals surface area contributed by atoms with Crippen LogP contribution in [0.1, 0.15) is 0 Å². The number of aromatic nitrogens is 2. The standard InChI is InChI=1S/C9H9N7/c10-7-6(12-1-2-13-7)5-16-9-8(11)14-3-4-15-9/h1-5,10H,(H2,11,14)(H,15,16)/b6-5+,10-7?. The van der Waals surface area contributed by atoms with E-state index in [1.807, 2.05) is 0 Å². The van der Waals surface area contributed by atoms with Gasteiger partial charge in [-0.1, -0.05) is 0 Å². The lowest BCUT2D eigenvalue weighted by atomic mass is 10.4. The summed E-state index contributed by atoms with van der Waals surface area (Å²) < 4.78 is 0. The van der Waals surface area contributed by atoms with Crippen LogP contribution in [-0.2, 0) is 0 Å². The van der Waals surface area contributed by atoms with Crippen LogP contribution < -0.4 is 11.1 Å². The third-order valence-corrected chi connectivity index (χ3v) is 1.80. The van der Waals surface area contributed by atoms with Crippen molar-refractivity contribution >= 4 is 29.9 Å². The Morgan fingerprint density at radius 3 is 2.69 bits per heavy atom. The van der Waals surface area contributed by atoms with Crippen molar-refractivity contribution in [2.75, 3.05) is 11.1 Å². The molecule has 2 heterocycles. The van der Waals surface area contributed by atoms with Crippen LogP contribution in [0.25, 0.3) is 0 Å². The van der Waals surface area contributed by atoms with E-state index < -0.39 is 0 Å². The molecule has 7 nitrogen and oxygen atoms in total. The van der Waals surface area contributed by atoms with Crippen LogP contribution in [0.5, 0.6) is 0 Å². The highest BCUT2D eigenvalue weighted by molar-refractivity contribution is 6.24. The molecule has 0 radical (unpaired) electrons. The van der Waals surface area contributed by atoms with Crippen LogP contribution in [0.3, 0.4) is 0 Å². The normalized spacial score (nSPS) is 16.8. The van der Waals surface area contributed by atoms with E-state index >= 15 is 0 Å². The second-order valence-electron chi connectivity index (χ2n) is 2.87. The quantitative estimate of drug-likeness (QED) is 0.664. The second kappa shape index (κ2) is 4.30. The number of nitrogens with one attached hydrogen (secondary N) is 2. The van der Waals surface area contributed by atoms with E-state index in [0.29, 0.717) is 11.5 Å². The predicted octanol–water partition coefficient (Wildman–Crippen LogP) is 0.445.